The Morgan fingerprint density at radius 2 is 2.11 bits per heavy atom. The molecule has 1 saturated carbocycles. The number of hydrogen-bond donors (Lipinski definition) is 3. The highest BCUT2D eigenvalue weighted by molar-refractivity contribution is 6.30. The molecule has 2 rings (SSSR count). The molecule has 1 aromatic carbocycles. The molecule has 5 nitrogen and oxygen atoms in total. The van der Waals surface area contributed by atoms with Gasteiger partial charge in [0.15, 0.2) is 0 Å². The van der Waals surface area contributed by atoms with Crippen molar-refractivity contribution in [1.82, 2.24) is 5.32 Å². The maximum atomic E-state index is 11.8. The van der Waals surface area contributed by atoms with Gasteiger partial charge in [0.25, 0.3) is 0 Å². The van der Waals surface area contributed by atoms with Crippen molar-refractivity contribution in [2.45, 2.75) is 25.3 Å². The Morgan fingerprint density at radius 1 is 1.32 bits per heavy atom. The zero-order valence-corrected chi connectivity index (χ0v) is 11.1. The number of primary amides is 1. The third kappa shape index (κ3) is 3.61. The number of nitrogens with two attached hydrogens (primary N) is 1. The number of carbonyl (C=O) groups excluding carboxylic acids is 2. The van der Waals surface area contributed by atoms with Crippen LogP contribution in [-0.4, -0.2) is 18.0 Å². The summed E-state index contributed by atoms with van der Waals surface area (Å²) in [4.78, 5) is 23.1. The highest BCUT2D eigenvalue weighted by Gasteiger charge is 2.32. The van der Waals surface area contributed by atoms with E-state index in [1.54, 1.807) is 24.3 Å². The van der Waals surface area contributed by atoms with Crippen LogP contribution in [0.25, 0.3) is 0 Å². The van der Waals surface area contributed by atoms with E-state index in [0.717, 1.165) is 19.3 Å². The van der Waals surface area contributed by atoms with Gasteiger partial charge >= 0.3 is 6.03 Å². The summed E-state index contributed by atoms with van der Waals surface area (Å²) in [6.07, 6.45) is 2.41. The second-order valence-electron chi connectivity index (χ2n) is 4.66. The van der Waals surface area contributed by atoms with Gasteiger partial charge < -0.3 is 16.4 Å². The lowest BCUT2D eigenvalue weighted by molar-refractivity contribution is -0.122. The largest absolute Gasteiger partial charge is 0.369 e. The van der Waals surface area contributed by atoms with E-state index in [1.807, 2.05) is 0 Å². The first-order valence-electron chi connectivity index (χ1n) is 6.18. The van der Waals surface area contributed by atoms with Gasteiger partial charge in [0.1, 0.15) is 0 Å². The number of carbonyl (C=O) groups is 2. The van der Waals surface area contributed by atoms with Crippen LogP contribution < -0.4 is 16.4 Å². The SMILES string of the molecule is NC(=O)[C@@H]1CCC[C@@H]1NC(=O)Nc1cccc(Cl)c1. The van der Waals surface area contributed by atoms with Crippen LogP contribution in [0.5, 0.6) is 0 Å². The molecule has 0 unspecified atom stereocenters. The minimum atomic E-state index is -0.356. The molecule has 6 heteroatoms. The molecular formula is C13H16ClN3O2. The summed E-state index contributed by atoms with van der Waals surface area (Å²) in [5.41, 5.74) is 5.92. The van der Waals surface area contributed by atoms with Crippen LogP contribution in [-0.2, 0) is 4.79 Å². The zero-order valence-electron chi connectivity index (χ0n) is 10.4. The van der Waals surface area contributed by atoms with Crippen LogP contribution in [0, 0.1) is 5.92 Å². The van der Waals surface area contributed by atoms with Crippen LogP contribution in [0.3, 0.4) is 0 Å². The van der Waals surface area contributed by atoms with E-state index < -0.39 is 0 Å². The second-order valence-corrected chi connectivity index (χ2v) is 5.09. The smallest absolute Gasteiger partial charge is 0.319 e. The lowest BCUT2D eigenvalue weighted by Gasteiger charge is -2.18. The maximum Gasteiger partial charge on any atom is 0.319 e. The number of nitrogens with one attached hydrogen (secondary N) is 2. The lowest BCUT2D eigenvalue weighted by Crippen LogP contribution is -2.44. The number of rotatable bonds is 3. The molecule has 0 aliphatic heterocycles. The Kier molecular flexibility index (Phi) is 4.27. The molecule has 102 valence electrons. The molecule has 1 aromatic rings. The van der Waals surface area contributed by atoms with Crippen molar-refractivity contribution in [3.8, 4) is 0 Å². The normalized spacial score (nSPS) is 21.9. The van der Waals surface area contributed by atoms with E-state index >= 15 is 0 Å². The minimum absolute atomic E-state index is 0.184. The predicted molar refractivity (Wildman–Crippen MR) is 73.9 cm³/mol. The molecule has 0 spiro atoms. The van der Waals surface area contributed by atoms with Gasteiger partial charge in [-0.3, -0.25) is 4.79 Å². The average Bonchev–Trinajstić information content (AvgIpc) is 2.76. The Morgan fingerprint density at radius 3 is 2.79 bits per heavy atom. The Balaban J connectivity index is 1.92. The van der Waals surface area contributed by atoms with Gasteiger partial charge in [-0.15, -0.1) is 0 Å². The third-order valence-electron chi connectivity index (χ3n) is 3.28. The summed E-state index contributed by atoms with van der Waals surface area (Å²) in [7, 11) is 0. The molecule has 1 aliphatic carbocycles. The first-order valence-corrected chi connectivity index (χ1v) is 6.56. The Labute approximate surface area is 116 Å². The van der Waals surface area contributed by atoms with E-state index in [9.17, 15) is 9.59 Å². The first kappa shape index (κ1) is 13.7. The molecule has 2 atom stereocenters. The van der Waals surface area contributed by atoms with Crippen LogP contribution in [0.4, 0.5) is 10.5 Å². The van der Waals surface area contributed by atoms with Gasteiger partial charge in [-0.2, -0.15) is 0 Å². The number of urea groups is 1. The number of amides is 3. The van der Waals surface area contributed by atoms with Gasteiger partial charge in [0, 0.05) is 16.8 Å². The summed E-state index contributed by atoms with van der Waals surface area (Å²) in [6, 6.07) is 6.34. The van der Waals surface area contributed by atoms with Gasteiger partial charge in [-0.1, -0.05) is 24.1 Å². The summed E-state index contributed by atoms with van der Waals surface area (Å²) >= 11 is 5.83. The van der Waals surface area contributed by atoms with Gasteiger partial charge in [-0.25, -0.2) is 4.79 Å². The van der Waals surface area contributed by atoms with Gasteiger partial charge in [-0.05, 0) is 31.0 Å². The van der Waals surface area contributed by atoms with Crippen LogP contribution in [0.15, 0.2) is 24.3 Å². The number of anilines is 1. The van der Waals surface area contributed by atoms with E-state index in [-0.39, 0.29) is 23.9 Å². The average molecular weight is 282 g/mol. The van der Waals surface area contributed by atoms with Crippen LogP contribution >= 0.6 is 11.6 Å². The highest BCUT2D eigenvalue weighted by Crippen LogP contribution is 2.25. The van der Waals surface area contributed by atoms with Crippen molar-refractivity contribution in [2.24, 2.45) is 11.7 Å². The summed E-state index contributed by atoms with van der Waals surface area (Å²) in [5.74, 6) is -0.629. The number of halogens is 1. The third-order valence-corrected chi connectivity index (χ3v) is 3.52. The Bertz CT molecular complexity index is 493. The first-order chi connectivity index (χ1) is 9.06. The molecule has 4 N–H and O–H groups in total. The number of benzene rings is 1. The van der Waals surface area contributed by atoms with Crippen molar-refractivity contribution in [3.63, 3.8) is 0 Å². The van der Waals surface area contributed by atoms with E-state index in [1.165, 1.54) is 0 Å². The fraction of sp³-hybridized carbons (Fsp3) is 0.385. The molecule has 0 aromatic heterocycles. The highest BCUT2D eigenvalue weighted by atomic mass is 35.5. The molecule has 0 radical (unpaired) electrons. The maximum absolute atomic E-state index is 11.8. The van der Waals surface area contributed by atoms with E-state index in [2.05, 4.69) is 10.6 Å². The molecule has 0 bridgehead atoms. The zero-order chi connectivity index (χ0) is 13.8. The molecular weight excluding hydrogens is 266 g/mol. The second kappa shape index (κ2) is 5.93. The number of hydrogen-bond acceptors (Lipinski definition) is 2. The van der Waals surface area contributed by atoms with Crippen LogP contribution in [0.1, 0.15) is 19.3 Å². The molecule has 19 heavy (non-hydrogen) atoms. The molecule has 0 saturated heterocycles. The quantitative estimate of drug-likeness (QED) is 0.793. The van der Waals surface area contributed by atoms with E-state index in [4.69, 9.17) is 17.3 Å². The predicted octanol–water partition coefficient (Wildman–Crippen LogP) is 2.12. The van der Waals surface area contributed by atoms with Crippen molar-refractivity contribution >= 4 is 29.2 Å². The summed E-state index contributed by atoms with van der Waals surface area (Å²) < 4.78 is 0. The van der Waals surface area contributed by atoms with Crippen molar-refractivity contribution in [3.05, 3.63) is 29.3 Å². The van der Waals surface area contributed by atoms with Crippen molar-refractivity contribution in [1.29, 1.82) is 0 Å². The van der Waals surface area contributed by atoms with Crippen molar-refractivity contribution < 1.29 is 9.59 Å². The fourth-order valence-corrected chi connectivity index (χ4v) is 2.57. The van der Waals surface area contributed by atoms with Crippen molar-refractivity contribution in [2.75, 3.05) is 5.32 Å². The minimum Gasteiger partial charge on any atom is -0.369 e. The van der Waals surface area contributed by atoms with E-state index in [0.29, 0.717) is 10.7 Å². The summed E-state index contributed by atoms with van der Waals surface area (Å²) in [5, 5.41) is 6.02. The molecule has 1 aliphatic rings. The fourth-order valence-electron chi connectivity index (χ4n) is 2.38. The Hall–Kier alpha value is -1.75. The molecule has 3 amide bonds. The summed E-state index contributed by atoms with van der Waals surface area (Å²) in [6.45, 7) is 0. The standard InChI is InChI=1S/C13H16ClN3O2/c14-8-3-1-4-9(7-8)16-13(19)17-11-6-2-5-10(11)12(15)18/h1,3-4,7,10-11H,2,5-6H2,(H2,15,18)(H2,16,17,19)/t10-,11+/m1/s1. The topological polar surface area (TPSA) is 84.2 Å². The van der Waals surface area contributed by atoms with Gasteiger partial charge in [0.05, 0.1) is 5.92 Å². The van der Waals surface area contributed by atoms with Gasteiger partial charge in [0.2, 0.25) is 5.91 Å². The monoisotopic (exact) mass is 281 g/mol. The molecule has 1 fully saturated rings. The molecule has 0 heterocycles. The van der Waals surface area contributed by atoms with Crippen LogP contribution in [0.2, 0.25) is 5.02 Å². The lowest BCUT2D eigenvalue weighted by atomic mass is 10.0.